The van der Waals surface area contributed by atoms with E-state index >= 15 is 0 Å². The molecule has 0 aliphatic carbocycles. The van der Waals surface area contributed by atoms with E-state index in [0.29, 0.717) is 17.3 Å². The summed E-state index contributed by atoms with van der Waals surface area (Å²) in [6.07, 6.45) is 5.09. The minimum atomic E-state index is -5.21. The number of piperidine rings is 1. The van der Waals surface area contributed by atoms with Crippen molar-refractivity contribution in [1.29, 1.82) is 0 Å². The van der Waals surface area contributed by atoms with Gasteiger partial charge in [-0.3, -0.25) is 4.79 Å². The number of aromatic nitrogens is 2. The van der Waals surface area contributed by atoms with E-state index in [4.69, 9.17) is 14.7 Å². The highest BCUT2D eigenvalue weighted by atomic mass is 32.3. The first-order valence-corrected chi connectivity index (χ1v) is 13.4. The molecule has 0 bridgehead atoms. The predicted molar refractivity (Wildman–Crippen MR) is 144 cm³/mol. The molecule has 1 amide bonds. The molecule has 2 heterocycles. The Kier molecular flexibility index (Phi) is 8.23. The van der Waals surface area contributed by atoms with Crippen LogP contribution >= 0.6 is 11.2 Å². The average molecular weight is 534 g/mol. The number of hydrogen-bond donors (Lipinski definition) is 1. The zero-order valence-corrected chi connectivity index (χ0v) is 21.8. The first-order valence-electron chi connectivity index (χ1n) is 11.9. The molecule has 37 heavy (non-hydrogen) atoms. The van der Waals surface area contributed by atoms with Crippen LogP contribution in [-0.2, 0) is 4.79 Å². The Morgan fingerprint density at radius 3 is 2.49 bits per heavy atom. The molecule has 0 radical (unpaired) electrons. The summed E-state index contributed by atoms with van der Waals surface area (Å²) in [7, 11) is 4.23. The van der Waals surface area contributed by atoms with Gasteiger partial charge in [-0.15, -0.1) is 11.7 Å². The highest BCUT2D eigenvalue weighted by Crippen LogP contribution is 2.52. The summed E-state index contributed by atoms with van der Waals surface area (Å²) in [5.41, 5.74) is 2.94. The molecular formula is C26H30F3N5O2S. The van der Waals surface area contributed by atoms with E-state index in [0.717, 1.165) is 48.5 Å². The molecular weight excluding hydrogens is 503 g/mol. The molecule has 1 aliphatic rings. The topological polar surface area (TPSA) is 70.6 Å². The second kappa shape index (κ2) is 11.4. The van der Waals surface area contributed by atoms with Crippen LogP contribution in [0, 0.1) is 6.92 Å². The summed E-state index contributed by atoms with van der Waals surface area (Å²) in [6, 6.07) is 12.2. The number of fused-ring (bicyclic) bond motifs is 1. The van der Waals surface area contributed by atoms with Crippen LogP contribution in [0.5, 0.6) is 5.75 Å². The fourth-order valence-electron chi connectivity index (χ4n) is 4.23. The Morgan fingerprint density at radius 1 is 1.14 bits per heavy atom. The van der Waals surface area contributed by atoms with Crippen LogP contribution in [0.2, 0.25) is 0 Å². The molecule has 4 rings (SSSR count). The molecule has 1 saturated heterocycles. The molecule has 1 aromatic heterocycles. The van der Waals surface area contributed by atoms with Gasteiger partial charge in [-0.1, -0.05) is 12.1 Å². The maximum atomic E-state index is 12.4. The van der Waals surface area contributed by atoms with Gasteiger partial charge in [-0.25, -0.2) is 9.97 Å². The second-order valence-corrected chi connectivity index (χ2v) is 10.4. The van der Waals surface area contributed by atoms with E-state index < -0.39 is 17.1 Å². The summed E-state index contributed by atoms with van der Waals surface area (Å²) in [5.74, 6) is -0.740. The van der Waals surface area contributed by atoms with Gasteiger partial charge in [-0.05, 0) is 75.8 Å². The van der Waals surface area contributed by atoms with Gasteiger partial charge in [0.15, 0.2) is 5.94 Å². The third-order valence-electron chi connectivity index (χ3n) is 6.29. The van der Waals surface area contributed by atoms with Gasteiger partial charge in [0.1, 0.15) is 5.75 Å². The van der Waals surface area contributed by atoms with Crippen molar-refractivity contribution >= 4 is 45.7 Å². The highest BCUT2D eigenvalue weighted by molar-refractivity contribution is 8.20. The Balaban J connectivity index is 1.38. The zero-order chi connectivity index (χ0) is 26.6. The molecule has 3 aromatic rings. The van der Waals surface area contributed by atoms with E-state index in [2.05, 4.69) is 29.2 Å². The number of carbonyl (C=O) groups is 1. The van der Waals surface area contributed by atoms with Gasteiger partial charge in [0.2, 0.25) is 23.0 Å². The summed E-state index contributed by atoms with van der Waals surface area (Å²) in [5, 5.41) is 3.70. The van der Waals surface area contributed by atoms with Crippen LogP contribution in [0.1, 0.15) is 24.1 Å². The fourth-order valence-corrected chi connectivity index (χ4v) is 4.50. The number of nitrogens with one attached hydrogen (secondary N) is 1. The lowest BCUT2D eigenvalue weighted by molar-refractivity contribution is -0.111. The van der Waals surface area contributed by atoms with Gasteiger partial charge in [0, 0.05) is 36.3 Å². The number of benzene rings is 2. The van der Waals surface area contributed by atoms with Crippen molar-refractivity contribution in [3.05, 3.63) is 59.8 Å². The van der Waals surface area contributed by atoms with Crippen molar-refractivity contribution in [2.45, 2.75) is 25.8 Å². The molecule has 0 saturated carbocycles. The quantitative estimate of drug-likeness (QED) is 0.363. The normalized spacial score (nSPS) is 15.5. The van der Waals surface area contributed by atoms with Crippen molar-refractivity contribution in [2.75, 3.05) is 43.3 Å². The molecule has 0 spiro atoms. The van der Waals surface area contributed by atoms with Crippen LogP contribution in [0.25, 0.3) is 17.0 Å². The summed E-state index contributed by atoms with van der Waals surface area (Å²) in [4.78, 5) is 26.4. The van der Waals surface area contributed by atoms with E-state index in [1.165, 1.54) is 18.2 Å². The highest BCUT2D eigenvalue weighted by Gasteiger charge is 2.23. The number of halogens is 3. The lowest BCUT2D eigenvalue weighted by Crippen LogP contribution is -2.42. The number of anilines is 2. The molecule has 7 nitrogen and oxygen atoms in total. The minimum Gasteiger partial charge on any atom is -0.477 e. The van der Waals surface area contributed by atoms with Crippen LogP contribution in [0.3, 0.4) is 0 Å². The van der Waals surface area contributed by atoms with Crippen LogP contribution in [0.15, 0.2) is 48.5 Å². The second-order valence-electron chi connectivity index (χ2n) is 9.18. The number of carbonyl (C=O) groups excluding carboxylic acids is 1. The van der Waals surface area contributed by atoms with Gasteiger partial charge in [0.25, 0.3) is 0 Å². The van der Waals surface area contributed by atoms with Crippen molar-refractivity contribution in [3.63, 3.8) is 0 Å². The lowest BCUT2D eigenvalue weighted by atomic mass is 10.0. The largest absolute Gasteiger partial charge is 0.477 e. The van der Waals surface area contributed by atoms with Gasteiger partial charge in [-0.2, -0.15) is 0 Å². The van der Waals surface area contributed by atoms with Crippen molar-refractivity contribution in [1.82, 2.24) is 14.9 Å². The fraction of sp³-hybridized carbons (Fsp3) is 0.346. The molecule has 11 heteroatoms. The summed E-state index contributed by atoms with van der Waals surface area (Å²) >= 11 is -5.21. The maximum Gasteiger partial charge on any atom is 0.248 e. The number of aryl methyl sites for hydroxylation is 1. The van der Waals surface area contributed by atoms with Gasteiger partial charge >= 0.3 is 0 Å². The molecule has 1 fully saturated rings. The van der Waals surface area contributed by atoms with E-state index in [1.54, 1.807) is 24.3 Å². The van der Waals surface area contributed by atoms with E-state index in [9.17, 15) is 16.5 Å². The van der Waals surface area contributed by atoms with Crippen LogP contribution in [0.4, 0.5) is 23.3 Å². The molecule has 1 N–H and O–H groups in total. The summed E-state index contributed by atoms with van der Waals surface area (Å²) < 4.78 is 41.7. The molecule has 1 aliphatic heterocycles. The third-order valence-corrected chi connectivity index (χ3v) is 6.67. The standard InChI is InChI=1S/C26H30F3N5O2S/c1-18-23-16-20(7-10-24(23)32-26(30-18)34-14-12-21(13-15-34)33(2)3)31-25(35)11-6-19-4-8-22(9-5-19)36-17-37(27,28)29/h4-11,16,21H,12-15,17H2,1-3H3,(H,31,35)/b11-6+. The third kappa shape index (κ3) is 7.36. The van der Waals surface area contributed by atoms with E-state index in [-0.39, 0.29) is 11.7 Å². The van der Waals surface area contributed by atoms with Crippen molar-refractivity contribution in [2.24, 2.45) is 0 Å². The van der Waals surface area contributed by atoms with Crippen molar-refractivity contribution in [3.8, 4) is 5.75 Å². The zero-order valence-electron chi connectivity index (χ0n) is 21.0. The Bertz CT molecular complexity index is 1270. The molecule has 0 atom stereocenters. The van der Waals surface area contributed by atoms with Crippen LogP contribution < -0.4 is 15.0 Å². The first kappa shape index (κ1) is 26.7. The molecule has 198 valence electrons. The smallest absolute Gasteiger partial charge is 0.248 e. The number of amides is 1. The Hall–Kier alpha value is -3.31. The Labute approximate surface area is 216 Å². The average Bonchev–Trinajstić information content (AvgIpc) is 2.86. The number of nitrogens with zero attached hydrogens (tertiary/aromatic N) is 4. The number of rotatable bonds is 8. The Morgan fingerprint density at radius 2 is 1.84 bits per heavy atom. The molecule has 0 unspecified atom stereocenters. The lowest BCUT2D eigenvalue weighted by Gasteiger charge is -2.35. The van der Waals surface area contributed by atoms with Crippen LogP contribution in [-0.4, -0.2) is 59.9 Å². The summed E-state index contributed by atoms with van der Waals surface area (Å²) in [6.45, 7) is 3.77. The first-order chi connectivity index (χ1) is 17.6. The maximum absolute atomic E-state index is 12.4. The number of ether oxygens (including phenoxy) is 1. The van der Waals surface area contributed by atoms with Crippen molar-refractivity contribution < 1.29 is 21.2 Å². The van der Waals surface area contributed by atoms with E-state index in [1.807, 2.05) is 19.1 Å². The predicted octanol–water partition coefficient (Wildman–Crippen LogP) is 5.91. The number of hydrogen-bond acceptors (Lipinski definition) is 6. The minimum absolute atomic E-state index is 0.126. The molecule has 2 aromatic carbocycles. The van der Waals surface area contributed by atoms with Gasteiger partial charge in [0.05, 0.1) is 11.2 Å². The van der Waals surface area contributed by atoms with Gasteiger partial charge < -0.3 is 19.9 Å². The monoisotopic (exact) mass is 533 g/mol. The SMILES string of the molecule is Cc1nc(N2CCC(N(C)C)CC2)nc2ccc(NC(=O)/C=C/c3ccc(OCS(F)(F)F)cc3)cc12.